The predicted octanol–water partition coefficient (Wildman–Crippen LogP) is 4.06. The topological polar surface area (TPSA) is 113 Å². The summed E-state index contributed by atoms with van der Waals surface area (Å²) in [6.07, 6.45) is -0.144. The summed E-state index contributed by atoms with van der Waals surface area (Å²) < 4.78 is 12.0. The number of carboxylic acid groups (broad SMARTS) is 1. The number of carbonyl (C=O) groups excluding carboxylic acids is 2. The van der Waals surface area contributed by atoms with Gasteiger partial charge in [0.05, 0.1) is 24.0 Å². The number of aliphatic hydroxyl groups is 1. The standard InChI is InChI=1S/C24H43NO7Si/c1-16-14-19(27)24(17(15-20(28)29)21(16)32-33(5,6)7)11-9-13-25(12-8-10-18(24)26)22(30)31-23(2,3)4/h16-17,19,21,27H,8-15H2,1-7H3,(H,28,29)/t16-,17+,19-,21-,24-/m0/s1. The van der Waals surface area contributed by atoms with Crippen LogP contribution in [0.2, 0.25) is 19.6 Å². The van der Waals surface area contributed by atoms with Crippen molar-refractivity contribution in [3.8, 4) is 0 Å². The molecule has 1 aliphatic carbocycles. The molecule has 190 valence electrons. The van der Waals surface area contributed by atoms with Crippen LogP contribution in [0.3, 0.4) is 0 Å². The zero-order chi connectivity index (χ0) is 25.2. The molecule has 8 nitrogen and oxygen atoms in total. The molecular formula is C24H43NO7Si. The minimum absolute atomic E-state index is 0.0552. The Labute approximate surface area is 199 Å². The number of ether oxygens (including phenoxy) is 1. The Kier molecular flexibility index (Phi) is 8.79. The molecule has 0 radical (unpaired) electrons. The number of carboxylic acids is 1. The number of nitrogens with zero attached hydrogens (tertiary/aromatic N) is 1. The normalized spacial score (nSPS) is 32.1. The van der Waals surface area contributed by atoms with Gasteiger partial charge < -0.3 is 24.3 Å². The summed E-state index contributed by atoms with van der Waals surface area (Å²) >= 11 is 0. The largest absolute Gasteiger partial charge is 0.481 e. The Morgan fingerprint density at radius 3 is 2.33 bits per heavy atom. The summed E-state index contributed by atoms with van der Waals surface area (Å²) in [4.78, 5) is 39.9. The first-order valence-corrected chi connectivity index (χ1v) is 15.6. The van der Waals surface area contributed by atoms with Gasteiger partial charge in [0.1, 0.15) is 11.4 Å². The van der Waals surface area contributed by atoms with E-state index in [0.29, 0.717) is 38.8 Å². The van der Waals surface area contributed by atoms with E-state index >= 15 is 0 Å². The molecule has 2 N–H and O–H groups in total. The molecule has 1 aliphatic heterocycles. The van der Waals surface area contributed by atoms with E-state index in [1.54, 1.807) is 4.90 Å². The van der Waals surface area contributed by atoms with Crippen LogP contribution in [0.4, 0.5) is 4.79 Å². The van der Waals surface area contributed by atoms with E-state index < -0.39 is 49.5 Å². The lowest BCUT2D eigenvalue weighted by atomic mass is 9.55. The van der Waals surface area contributed by atoms with Crippen molar-refractivity contribution < 1.29 is 33.8 Å². The van der Waals surface area contributed by atoms with Gasteiger partial charge in [-0.3, -0.25) is 9.59 Å². The van der Waals surface area contributed by atoms with Crippen molar-refractivity contribution in [1.29, 1.82) is 0 Å². The molecule has 9 heteroatoms. The molecule has 2 aliphatic rings. The fourth-order valence-electron chi connectivity index (χ4n) is 5.46. The van der Waals surface area contributed by atoms with Gasteiger partial charge in [-0.25, -0.2) is 4.79 Å². The number of hydrogen-bond acceptors (Lipinski definition) is 6. The zero-order valence-electron chi connectivity index (χ0n) is 21.3. The van der Waals surface area contributed by atoms with Crippen molar-refractivity contribution in [2.75, 3.05) is 13.1 Å². The van der Waals surface area contributed by atoms with Gasteiger partial charge in [0.25, 0.3) is 0 Å². The molecule has 0 aromatic rings. The number of aliphatic carboxylic acids is 1. The lowest BCUT2D eigenvalue weighted by Crippen LogP contribution is -2.60. The zero-order valence-corrected chi connectivity index (χ0v) is 22.3. The van der Waals surface area contributed by atoms with Crippen molar-refractivity contribution in [1.82, 2.24) is 4.90 Å². The first-order chi connectivity index (χ1) is 15.1. The highest BCUT2D eigenvalue weighted by molar-refractivity contribution is 6.69. The predicted molar refractivity (Wildman–Crippen MR) is 127 cm³/mol. The Bertz CT molecular complexity index is 729. The number of hydrogen-bond donors (Lipinski definition) is 2. The highest BCUT2D eigenvalue weighted by Crippen LogP contribution is 2.51. The van der Waals surface area contributed by atoms with Crippen LogP contribution in [-0.4, -0.2) is 72.2 Å². The molecule has 1 amide bonds. The van der Waals surface area contributed by atoms with Crippen LogP contribution >= 0.6 is 0 Å². The molecule has 1 saturated carbocycles. The third-order valence-electron chi connectivity index (χ3n) is 6.71. The van der Waals surface area contributed by atoms with Crippen molar-refractivity contribution >= 4 is 26.2 Å². The van der Waals surface area contributed by atoms with Crippen LogP contribution in [0.15, 0.2) is 0 Å². The monoisotopic (exact) mass is 485 g/mol. The number of rotatable bonds is 4. The minimum atomic E-state index is -2.04. The molecule has 0 aromatic heterocycles. The number of ketones is 1. The molecule has 5 atom stereocenters. The average molecular weight is 486 g/mol. The van der Waals surface area contributed by atoms with Crippen molar-refractivity contribution in [2.24, 2.45) is 17.3 Å². The highest BCUT2D eigenvalue weighted by Gasteiger charge is 2.58. The van der Waals surface area contributed by atoms with Gasteiger partial charge in [-0.2, -0.15) is 0 Å². The second-order valence-corrected chi connectivity index (χ2v) is 16.2. The van der Waals surface area contributed by atoms with E-state index in [1.165, 1.54) is 0 Å². The number of amides is 1. The number of aliphatic hydroxyl groups excluding tert-OH is 1. The second kappa shape index (κ2) is 10.4. The van der Waals surface area contributed by atoms with Gasteiger partial charge >= 0.3 is 12.1 Å². The van der Waals surface area contributed by atoms with Gasteiger partial charge in [-0.15, -0.1) is 0 Å². The molecular weight excluding hydrogens is 442 g/mol. The maximum absolute atomic E-state index is 13.7. The Hall–Kier alpha value is -1.45. The first-order valence-electron chi connectivity index (χ1n) is 12.2. The summed E-state index contributed by atoms with van der Waals surface area (Å²) in [5.41, 5.74) is -1.80. The quantitative estimate of drug-likeness (QED) is 0.577. The first kappa shape index (κ1) is 27.8. The minimum Gasteiger partial charge on any atom is -0.481 e. The van der Waals surface area contributed by atoms with E-state index in [-0.39, 0.29) is 24.5 Å². The average Bonchev–Trinajstić information content (AvgIpc) is 2.70. The summed E-state index contributed by atoms with van der Waals surface area (Å²) in [7, 11) is -2.04. The maximum atomic E-state index is 13.7. The maximum Gasteiger partial charge on any atom is 0.410 e. The third-order valence-corrected chi connectivity index (χ3v) is 7.69. The van der Waals surface area contributed by atoms with E-state index in [1.807, 2.05) is 27.7 Å². The summed E-state index contributed by atoms with van der Waals surface area (Å²) in [5.74, 6) is -1.77. The molecule has 1 saturated heterocycles. The van der Waals surface area contributed by atoms with Gasteiger partial charge in [0.2, 0.25) is 0 Å². The number of carbonyl (C=O) groups is 3. The van der Waals surface area contributed by atoms with E-state index in [4.69, 9.17) is 9.16 Å². The van der Waals surface area contributed by atoms with E-state index in [2.05, 4.69) is 19.6 Å². The number of Topliss-reactive ketones (excluding diaryl/α,β-unsaturated/α-hetero) is 1. The second-order valence-electron chi connectivity index (χ2n) is 11.8. The van der Waals surface area contributed by atoms with Crippen LogP contribution in [0.5, 0.6) is 0 Å². The Balaban J connectivity index is 2.39. The van der Waals surface area contributed by atoms with Crippen LogP contribution in [0.1, 0.15) is 66.2 Å². The molecule has 1 heterocycles. The SMILES string of the molecule is C[C@H]1C[C@H](O)[C@@]2(CCCN(C(=O)OC(C)(C)C)CCCC2=O)[C@H](CC(=O)O)[C@H]1O[Si](C)(C)C. The Morgan fingerprint density at radius 1 is 1.18 bits per heavy atom. The van der Waals surface area contributed by atoms with Gasteiger partial charge in [-0.05, 0) is 72.0 Å². The van der Waals surface area contributed by atoms with Crippen molar-refractivity contribution in [3.05, 3.63) is 0 Å². The molecule has 0 aromatic carbocycles. The van der Waals surface area contributed by atoms with Gasteiger partial charge in [0.15, 0.2) is 8.32 Å². The molecule has 33 heavy (non-hydrogen) atoms. The smallest absolute Gasteiger partial charge is 0.410 e. The molecule has 2 rings (SSSR count). The lowest BCUT2D eigenvalue weighted by Gasteiger charge is -2.53. The lowest BCUT2D eigenvalue weighted by molar-refractivity contribution is -0.169. The highest BCUT2D eigenvalue weighted by atomic mass is 28.4. The van der Waals surface area contributed by atoms with Crippen LogP contribution < -0.4 is 0 Å². The van der Waals surface area contributed by atoms with E-state index in [9.17, 15) is 24.6 Å². The molecule has 1 spiro atoms. The summed E-state index contributed by atoms with van der Waals surface area (Å²) in [6, 6.07) is 0. The molecule has 2 fully saturated rings. The fourth-order valence-corrected chi connectivity index (χ4v) is 6.67. The Morgan fingerprint density at radius 2 is 1.79 bits per heavy atom. The van der Waals surface area contributed by atoms with E-state index in [0.717, 1.165) is 0 Å². The van der Waals surface area contributed by atoms with Crippen LogP contribution in [-0.2, 0) is 18.8 Å². The van der Waals surface area contributed by atoms with Gasteiger partial charge in [0, 0.05) is 25.4 Å². The van der Waals surface area contributed by atoms with Crippen LogP contribution in [0.25, 0.3) is 0 Å². The molecule has 0 unspecified atom stereocenters. The van der Waals surface area contributed by atoms with Gasteiger partial charge in [-0.1, -0.05) is 6.92 Å². The summed E-state index contributed by atoms with van der Waals surface area (Å²) in [6.45, 7) is 14.4. The van der Waals surface area contributed by atoms with Crippen LogP contribution in [0, 0.1) is 17.3 Å². The fraction of sp³-hybridized carbons (Fsp3) is 0.875. The summed E-state index contributed by atoms with van der Waals surface area (Å²) in [5, 5.41) is 21.1. The van der Waals surface area contributed by atoms with Crippen molar-refractivity contribution in [3.63, 3.8) is 0 Å². The van der Waals surface area contributed by atoms with Crippen molar-refractivity contribution in [2.45, 2.75) is 104 Å². The third kappa shape index (κ3) is 7.02. The molecule has 0 bridgehead atoms.